The van der Waals surface area contributed by atoms with Gasteiger partial charge in [-0.3, -0.25) is 4.79 Å². The molecular formula is C10H9BF2O4. The topological polar surface area (TPSA) is 46.8 Å². The van der Waals surface area contributed by atoms with Gasteiger partial charge in [-0.2, -0.15) is 0 Å². The number of esters is 1. The van der Waals surface area contributed by atoms with E-state index in [0.29, 0.717) is 5.56 Å². The first-order chi connectivity index (χ1) is 7.87. The lowest BCUT2D eigenvalue weighted by Gasteiger charge is -2.20. The SMILES string of the molecule is CC(=O)Oc1ccc2c(c1)O[B-](F)(F)[O+]=C2C. The monoisotopic (exact) mass is 242 g/mol. The molecule has 17 heavy (non-hydrogen) atoms. The predicted octanol–water partition coefficient (Wildman–Crippen LogP) is 2.12. The summed E-state index contributed by atoms with van der Waals surface area (Å²) in [5.41, 5.74) is 0.411. The number of hydrogen-bond acceptors (Lipinski definition) is 3. The van der Waals surface area contributed by atoms with E-state index in [1.807, 2.05) is 0 Å². The van der Waals surface area contributed by atoms with Gasteiger partial charge in [0.1, 0.15) is 11.3 Å². The maximum Gasteiger partial charge on any atom is 0.994 e. The average molecular weight is 242 g/mol. The Balaban J connectivity index is 2.41. The highest BCUT2D eigenvalue weighted by atomic mass is 19.3. The van der Waals surface area contributed by atoms with E-state index < -0.39 is 13.1 Å². The van der Waals surface area contributed by atoms with Gasteiger partial charge in [0, 0.05) is 19.9 Å². The molecule has 7 heteroatoms. The van der Waals surface area contributed by atoms with Gasteiger partial charge in [0.25, 0.3) is 5.78 Å². The van der Waals surface area contributed by atoms with Gasteiger partial charge < -0.3 is 22.4 Å². The molecule has 1 heterocycles. The Labute approximate surface area is 95.9 Å². The van der Waals surface area contributed by atoms with Crippen molar-refractivity contribution in [2.75, 3.05) is 0 Å². The third-order valence-electron chi connectivity index (χ3n) is 2.17. The largest absolute Gasteiger partial charge is 0.994 e. The summed E-state index contributed by atoms with van der Waals surface area (Å²) in [4.78, 5) is 10.7. The summed E-state index contributed by atoms with van der Waals surface area (Å²) >= 11 is 0. The smallest absolute Gasteiger partial charge is 0.569 e. The molecule has 1 aliphatic heterocycles. The van der Waals surface area contributed by atoms with Crippen LogP contribution in [0.2, 0.25) is 0 Å². The van der Waals surface area contributed by atoms with Crippen molar-refractivity contribution in [2.45, 2.75) is 13.8 Å². The normalized spacial score (nSPS) is 16.6. The lowest BCUT2D eigenvalue weighted by Crippen LogP contribution is -2.35. The average Bonchev–Trinajstić information content (AvgIpc) is 2.13. The number of fused-ring (bicyclic) bond motifs is 1. The zero-order chi connectivity index (χ0) is 12.6. The van der Waals surface area contributed by atoms with E-state index in [1.165, 1.54) is 32.0 Å². The van der Waals surface area contributed by atoms with Gasteiger partial charge in [0.2, 0.25) is 0 Å². The maximum atomic E-state index is 13.0. The van der Waals surface area contributed by atoms with Gasteiger partial charge in [-0.15, -0.1) is 0 Å². The molecule has 0 aromatic heterocycles. The molecule has 0 N–H and O–H groups in total. The van der Waals surface area contributed by atoms with Gasteiger partial charge in [-0.1, -0.05) is 0 Å². The number of hydrogen-bond donors (Lipinski definition) is 0. The standard InChI is InChI=1S/C10H9BF2O4/c1-6-9-4-3-8(15-7(2)14)5-10(9)17-11(12,13)16-6/h3-5H,1-2H3. The Morgan fingerprint density at radius 3 is 2.82 bits per heavy atom. The molecule has 0 amide bonds. The summed E-state index contributed by atoms with van der Waals surface area (Å²) in [5.74, 6) is -0.365. The van der Waals surface area contributed by atoms with Crippen molar-refractivity contribution in [3.63, 3.8) is 0 Å². The Morgan fingerprint density at radius 1 is 1.47 bits per heavy atom. The molecular weight excluding hydrogens is 233 g/mol. The minimum absolute atomic E-state index is 0.0579. The van der Waals surface area contributed by atoms with Crippen LogP contribution in [0.25, 0.3) is 0 Å². The molecule has 0 saturated carbocycles. The van der Waals surface area contributed by atoms with Crippen LogP contribution in [0, 0.1) is 0 Å². The quantitative estimate of drug-likeness (QED) is 0.328. The highest BCUT2D eigenvalue weighted by molar-refractivity contribution is 6.52. The van der Waals surface area contributed by atoms with Crippen LogP contribution in [0.5, 0.6) is 11.5 Å². The molecule has 0 fully saturated rings. The second kappa shape index (κ2) is 3.83. The second-order valence-electron chi connectivity index (χ2n) is 3.58. The molecule has 0 unspecified atom stereocenters. The van der Waals surface area contributed by atoms with Crippen LogP contribution in [0.3, 0.4) is 0 Å². The van der Waals surface area contributed by atoms with Crippen LogP contribution < -0.4 is 9.39 Å². The molecule has 1 aromatic rings. The van der Waals surface area contributed by atoms with Crippen molar-refractivity contribution in [1.29, 1.82) is 0 Å². The van der Waals surface area contributed by atoms with Crippen LogP contribution in [0.15, 0.2) is 18.2 Å². The number of ether oxygens (including phenoxy) is 1. The Kier molecular flexibility index (Phi) is 2.61. The van der Waals surface area contributed by atoms with E-state index in [0.717, 1.165) is 0 Å². The van der Waals surface area contributed by atoms with Crippen LogP contribution >= 0.6 is 0 Å². The van der Waals surface area contributed by atoms with Crippen molar-refractivity contribution in [1.82, 2.24) is 0 Å². The van der Waals surface area contributed by atoms with E-state index in [1.54, 1.807) is 0 Å². The summed E-state index contributed by atoms with van der Waals surface area (Å²) in [7, 11) is -4.35. The first-order valence-corrected chi connectivity index (χ1v) is 4.92. The van der Waals surface area contributed by atoms with Crippen molar-refractivity contribution in [2.24, 2.45) is 0 Å². The summed E-state index contributed by atoms with van der Waals surface area (Å²) < 4.78 is 39.6. The molecule has 0 saturated heterocycles. The lowest BCUT2D eigenvalue weighted by molar-refractivity contribution is -0.181. The fourth-order valence-corrected chi connectivity index (χ4v) is 1.56. The number of benzene rings is 1. The van der Waals surface area contributed by atoms with Crippen molar-refractivity contribution < 1.29 is 27.2 Å². The molecule has 0 radical (unpaired) electrons. The van der Waals surface area contributed by atoms with Gasteiger partial charge in [-0.05, 0) is 12.1 Å². The zero-order valence-electron chi connectivity index (χ0n) is 9.20. The minimum Gasteiger partial charge on any atom is -0.569 e. The van der Waals surface area contributed by atoms with Gasteiger partial charge >= 0.3 is 13.1 Å². The Morgan fingerprint density at radius 2 is 2.18 bits per heavy atom. The second-order valence-corrected chi connectivity index (χ2v) is 3.58. The third kappa shape index (κ3) is 2.43. The zero-order valence-corrected chi connectivity index (χ0v) is 9.20. The summed E-state index contributed by atoms with van der Waals surface area (Å²) in [6, 6.07) is 4.21. The summed E-state index contributed by atoms with van der Waals surface area (Å²) in [5, 5.41) is 0. The van der Waals surface area contributed by atoms with Crippen LogP contribution in [0.1, 0.15) is 23.8 Å². The van der Waals surface area contributed by atoms with E-state index >= 15 is 0 Å². The predicted molar refractivity (Wildman–Crippen MR) is 56.4 cm³/mol. The number of carbonyl (C=O) groups excluding carboxylic acids is 2. The van der Waals surface area contributed by atoms with Crippen LogP contribution in [0.4, 0.5) is 8.63 Å². The first kappa shape index (κ1) is 11.6. The van der Waals surface area contributed by atoms with Crippen LogP contribution in [-0.4, -0.2) is 18.9 Å². The van der Waals surface area contributed by atoms with Crippen molar-refractivity contribution in [3.05, 3.63) is 23.8 Å². The summed E-state index contributed by atoms with van der Waals surface area (Å²) in [6.45, 7) is 2.64. The molecule has 0 atom stereocenters. The maximum absolute atomic E-state index is 13.0. The van der Waals surface area contributed by atoms with E-state index in [-0.39, 0.29) is 17.3 Å². The Hall–Kier alpha value is -1.92. The molecule has 2 rings (SSSR count). The van der Waals surface area contributed by atoms with E-state index in [2.05, 4.69) is 9.00 Å². The molecule has 0 bridgehead atoms. The molecule has 4 nitrogen and oxygen atoms in total. The van der Waals surface area contributed by atoms with Crippen molar-refractivity contribution in [3.8, 4) is 11.5 Å². The highest BCUT2D eigenvalue weighted by Gasteiger charge is 2.53. The fraction of sp³-hybridized carbons (Fsp3) is 0.200. The lowest BCUT2D eigenvalue weighted by atomic mass is 10.0. The molecule has 0 spiro atoms. The number of halogens is 2. The van der Waals surface area contributed by atoms with E-state index in [9.17, 15) is 13.4 Å². The number of rotatable bonds is 1. The highest BCUT2D eigenvalue weighted by Crippen LogP contribution is 2.32. The Bertz CT molecular complexity index is 513. The number of carbonyl (C=O) groups is 1. The van der Waals surface area contributed by atoms with Gasteiger partial charge in [0.15, 0.2) is 0 Å². The van der Waals surface area contributed by atoms with Gasteiger partial charge in [0.05, 0.1) is 5.75 Å². The van der Waals surface area contributed by atoms with Crippen LogP contribution in [-0.2, 0) is 4.79 Å². The summed E-state index contributed by atoms with van der Waals surface area (Å²) in [6.07, 6.45) is 0. The van der Waals surface area contributed by atoms with E-state index in [4.69, 9.17) is 4.74 Å². The number of ketones is 1. The first-order valence-electron chi connectivity index (χ1n) is 4.92. The molecule has 0 aliphatic carbocycles. The third-order valence-corrected chi connectivity index (χ3v) is 2.17. The van der Waals surface area contributed by atoms with Gasteiger partial charge in [-0.25, -0.2) is 0 Å². The minimum atomic E-state index is -4.35. The molecule has 90 valence electrons. The molecule has 1 aliphatic rings. The van der Waals surface area contributed by atoms with Crippen molar-refractivity contribution >= 4 is 18.9 Å². The fourth-order valence-electron chi connectivity index (χ4n) is 1.56. The molecule has 1 aromatic carbocycles.